The third-order valence-corrected chi connectivity index (χ3v) is 1.97. The van der Waals surface area contributed by atoms with Gasteiger partial charge in [-0.3, -0.25) is 9.69 Å². The SMILES string of the molecule is CCCN(CC(=O)C(C)C)CC(F)(F)F. The van der Waals surface area contributed by atoms with Gasteiger partial charge in [-0.05, 0) is 13.0 Å². The van der Waals surface area contributed by atoms with E-state index in [9.17, 15) is 18.0 Å². The normalized spacial score (nSPS) is 12.5. The molecule has 0 aromatic rings. The third-order valence-electron chi connectivity index (χ3n) is 1.97. The van der Waals surface area contributed by atoms with Gasteiger partial charge in [0.05, 0.1) is 13.1 Å². The van der Waals surface area contributed by atoms with Crippen LogP contribution in [-0.4, -0.2) is 36.5 Å². The van der Waals surface area contributed by atoms with Gasteiger partial charge in [0, 0.05) is 5.92 Å². The van der Waals surface area contributed by atoms with Crippen molar-refractivity contribution in [3.63, 3.8) is 0 Å². The summed E-state index contributed by atoms with van der Waals surface area (Å²) in [5.41, 5.74) is 0. The second-order valence-corrected chi connectivity index (χ2v) is 3.95. The average Bonchev–Trinajstić information content (AvgIpc) is 2.00. The minimum Gasteiger partial charge on any atom is -0.298 e. The van der Waals surface area contributed by atoms with Gasteiger partial charge < -0.3 is 0 Å². The molecule has 0 unspecified atom stereocenters. The van der Waals surface area contributed by atoms with Crippen molar-refractivity contribution in [1.82, 2.24) is 4.90 Å². The highest BCUT2D eigenvalue weighted by molar-refractivity contribution is 5.82. The van der Waals surface area contributed by atoms with Crippen molar-refractivity contribution >= 4 is 5.78 Å². The Morgan fingerprint density at radius 1 is 1.33 bits per heavy atom. The van der Waals surface area contributed by atoms with Crippen LogP contribution < -0.4 is 0 Å². The van der Waals surface area contributed by atoms with E-state index in [1.165, 1.54) is 0 Å². The second-order valence-electron chi connectivity index (χ2n) is 3.95. The lowest BCUT2D eigenvalue weighted by Gasteiger charge is -2.22. The summed E-state index contributed by atoms with van der Waals surface area (Å²) in [4.78, 5) is 12.5. The zero-order chi connectivity index (χ0) is 12.1. The number of Topliss-reactive ketones (excluding diaryl/α,β-unsaturated/α-hetero) is 1. The highest BCUT2D eigenvalue weighted by Crippen LogP contribution is 2.16. The first-order chi connectivity index (χ1) is 6.76. The number of rotatable bonds is 6. The molecule has 0 saturated heterocycles. The van der Waals surface area contributed by atoms with E-state index >= 15 is 0 Å². The zero-order valence-corrected chi connectivity index (χ0v) is 9.40. The fourth-order valence-electron chi connectivity index (χ4n) is 1.19. The molecule has 0 spiro atoms. The highest BCUT2D eigenvalue weighted by Gasteiger charge is 2.31. The molecular formula is C10H18F3NO. The standard InChI is InChI=1S/C10H18F3NO/c1-4-5-14(7-10(11,12)13)6-9(15)8(2)3/h8H,4-7H2,1-3H3. The van der Waals surface area contributed by atoms with E-state index in [1.54, 1.807) is 20.8 Å². The molecule has 90 valence electrons. The first-order valence-corrected chi connectivity index (χ1v) is 5.08. The molecule has 15 heavy (non-hydrogen) atoms. The largest absolute Gasteiger partial charge is 0.401 e. The van der Waals surface area contributed by atoms with E-state index in [4.69, 9.17) is 0 Å². The molecule has 0 fully saturated rings. The number of carbonyl (C=O) groups excluding carboxylic acids is 1. The minimum atomic E-state index is -4.23. The Morgan fingerprint density at radius 2 is 1.87 bits per heavy atom. The van der Waals surface area contributed by atoms with E-state index in [2.05, 4.69) is 0 Å². The van der Waals surface area contributed by atoms with Crippen LogP contribution in [0, 0.1) is 5.92 Å². The molecule has 0 rings (SSSR count). The molecule has 5 heteroatoms. The molecule has 0 heterocycles. The van der Waals surface area contributed by atoms with Crippen LogP contribution >= 0.6 is 0 Å². The molecule has 0 aromatic carbocycles. The molecule has 0 atom stereocenters. The number of nitrogens with zero attached hydrogens (tertiary/aromatic N) is 1. The molecule has 0 bridgehead atoms. The summed E-state index contributed by atoms with van der Waals surface area (Å²) < 4.78 is 36.4. The second kappa shape index (κ2) is 6.10. The molecule has 0 aliphatic heterocycles. The summed E-state index contributed by atoms with van der Waals surface area (Å²) >= 11 is 0. The van der Waals surface area contributed by atoms with Gasteiger partial charge in [0.15, 0.2) is 0 Å². The van der Waals surface area contributed by atoms with Gasteiger partial charge in [0.1, 0.15) is 5.78 Å². The lowest BCUT2D eigenvalue weighted by Crippen LogP contribution is -2.39. The Labute approximate surface area is 88.4 Å². The summed E-state index contributed by atoms with van der Waals surface area (Å²) in [5, 5.41) is 0. The predicted octanol–water partition coefficient (Wildman–Crippen LogP) is 2.49. The number of hydrogen-bond acceptors (Lipinski definition) is 2. The molecule has 0 amide bonds. The summed E-state index contributed by atoms with van der Waals surface area (Å²) in [6.45, 7) is 4.38. The van der Waals surface area contributed by atoms with Crippen molar-refractivity contribution in [2.24, 2.45) is 5.92 Å². The van der Waals surface area contributed by atoms with Gasteiger partial charge in [-0.15, -0.1) is 0 Å². The maximum atomic E-state index is 12.1. The quantitative estimate of drug-likeness (QED) is 0.692. The molecule has 2 nitrogen and oxygen atoms in total. The van der Waals surface area contributed by atoms with Crippen LogP contribution in [0.1, 0.15) is 27.2 Å². The van der Waals surface area contributed by atoms with Crippen molar-refractivity contribution in [2.75, 3.05) is 19.6 Å². The Kier molecular flexibility index (Phi) is 5.87. The van der Waals surface area contributed by atoms with E-state index in [1.807, 2.05) is 0 Å². The van der Waals surface area contributed by atoms with Gasteiger partial charge >= 0.3 is 6.18 Å². The van der Waals surface area contributed by atoms with Crippen molar-refractivity contribution in [3.05, 3.63) is 0 Å². The zero-order valence-electron chi connectivity index (χ0n) is 9.40. The third kappa shape index (κ3) is 7.36. The number of hydrogen-bond donors (Lipinski definition) is 0. The van der Waals surface area contributed by atoms with Crippen molar-refractivity contribution in [3.8, 4) is 0 Å². The molecule has 0 radical (unpaired) electrons. The molecule has 0 saturated carbocycles. The van der Waals surface area contributed by atoms with Gasteiger partial charge in [0.25, 0.3) is 0 Å². The van der Waals surface area contributed by atoms with Crippen LogP contribution in [0.3, 0.4) is 0 Å². The Hall–Kier alpha value is -0.580. The van der Waals surface area contributed by atoms with Crippen molar-refractivity contribution in [1.29, 1.82) is 0 Å². The topological polar surface area (TPSA) is 20.3 Å². The van der Waals surface area contributed by atoms with Crippen LogP contribution in [0.2, 0.25) is 0 Å². The molecule has 0 aliphatic carbocycles. The average molecular weight is 225 g/mol. The summed E-state index contributed by atoms with van der Waals surface area (Å²) in [5.74, 6) is -0.356. The van der Waals surface area contributed by atoms with Crippen LogP contribution in [0.4, 0.5) is 13.2 Å². The first-order valence-electron chi connectivity index (χ1n) is 5.08. The van der Waals surface area contributed by atoms with Crippen LogP contribution in [0.25, 0.3) is 0 Å². The molecule has 0 aromatic heterocycles. The maximum absolute atomic E-state index is 12.1. The van der Waals surface area contributed by atoms with E-state index < -0.39 is 12.7 Å². The van der Waals surface area contributed by atoms with Gasteiger partial charge in [-0.25, -0.2) is 0 Å². The number of carbonyl (C=O) groups is 1. The Bertz CT molecular complexity index is 201. The molecule has 0 aliphatic rings. The highest BCUT2D eigenvalue weighted by atomic mass is 19.4. The smallest absolute Gasteiger partial charge is 0.298 e. The Balaban J connectivity index is 4.22. The predicted molar refractivity (Wildman–Crippen MR) is 52.6 cm³/mol. The lowest BCUT2D eigenvalue weighted by atomic mass is 10.1. The van der Waals surface area contributed by atoms with Crippen molar-refractivity contribution in [2.45, 2.75) is 33.4 Å². The fraction of sp³-hybridized carbons (Fsp3) is 0.900. The lowest BCUT2D eigenvalue weighted by molar-refractivity contribution is -0.149. The summed E-state index contributed by atoms with van der Waals surface area (Å²) in [6.07, 6.45) is -3.62. The van der Waals surface area contributed by atoms with Crippen molar-refractivity contribution < 1.29 is 18.0 Å². The fourth-order valence-corrected chi connectivity index (χ4v) is 1.19. The number of alkyl halides is 3. The van der Waals surface area contributed by atoms with Crippen LogP contribution in [0.5, 0.6) is 0 Å². The summed E-state index contributed by atoms with van der Waals surface area (Å²) in [6, 6.07) is 0. The summed E-state index contributed by atoms with van der Waals surface area (Å²) in [7, 11) is 0. The first kappa shape index (κ1) is 14.4. The van der Waals surface area contributed by atoms with E-state index in [0.717, 1.165) is 4.90 Å². The van der Waals surface area contributed by atoms with E-state index in [-0.39, 0.29) is 18.2 Å². The van der Waals surface area contributed by atoms with Crippen LogP contribution in [-0.2, 0) is 4.79 Å². The monoisotopic (exact) mass is 225 g/mol. The number of ketones is 1. The molecule has 0 N–H and O–H groups in total. The Morgan fingerprint density at radius 3 is 2.20 bits per heavy atom. The number of halogens is 3. The molecular weight excluding hydrogens is 207 g/mol. The van der Waals surface area contributed by atoms with Gasteiger partial charge in [0.2, 0.25) is 0 Å². The van der Waals surface area contributed by atoms with Gasteiger partial charge in [-0.2, -0.15) is 13.2 Å². The maximum Gasteiger partial charge on any atom is 0.401 e. The van der Waals surface area contributed by atoms with Crippen LogP contribution in [0.15, 0.2) is 0 Å². The van der Waals surface area contributed by atoms with Gasteiger partial charge in [-0.1, -0.05) is 20.8 Å². The van der Waals surface area contributed by atoms with E-state index in [0.29, 0.717) is 13.0 Å². The minimum absolute atomic E-state index is 0.106.